The van der Waals surface area contributed by atoms with E-state index in [-0.39, 0.29) is 17.9 Å². The number of H-pyrrole nitrogens is 1. The zero-order valence-corrected chi connectivity index (χ0v) is 13.7. The Morgan fingerprint density at radius 2 is 2.00 bits per heavy atom. The number of likely N-dealkylation sites (tertiary alicyclic amines) is 1. The number of rotatable bonds is 3. The number of fused-ring (bicyclic) bond motifs is 1. The van der Waals surface area contributed by atoms with Gasteiger partial charge in [-0.15, -0.1) is 0 Å². The molecule has 0 atom stereocenters. The molecule has 0 unspecified atom stereocenters. The molecule has 6 nitrogen and oxygen atoms in total. The van der Waals surface area contributed by atoms with Gasteiger partial charge in [0.15, 0.2) is 5.76 Å². The van der Waals surface area contributed by atoms with Crippen molar-refractivity contribution in [3.63, 3.8) is 0 Å². The third kappa shape index (κ3) is 3.15. The van der Waals surface area contributed by atoms with Gasteiger partial charge < -0.3 is 19.6 Å². The molecule has 6 heteroatoms. The second-order valence-corrected chi connectivity index (χ2v) is 6.30. The van der Waals surface area contributed by atoms with Crippen LogP contribution in [0.5, 0.6) is 0 Å². The molecule has 0 saturated carbocycles. The summed E-state index contributed by atoms with van der Waals surface area (Å²) in [6.45, 7) is 1.22. The molecule has 1 saturated heterocycles. The largest absolute Gasteiger partial charge is 0.459 e. The summed E-state index contributed by atoms with van der Waals surface area (Å²) >= 11 is 0. The summed E-state index contributed by atoms with van der Waals surface area (Å²) in [5.74, 6) is 0.195. The minimum Gasteiger partial charge on any atom is -0.459 e. The van der Waals surface area contributed by atoms with E-state index < -0.39 is 0 Å². The highest BCUT2D eigenvalue weighted by molar-refractivity contribution is 5.98. The van der Waals surface area contributed by atoms with Crippen LogP contribution in [0.15, 0.2) is 53.3 Å². The Morgan fingerprint density at radius 1 is 1.16 bits per heavy atom. The van der Waals surface area contributed by atoms with Crippen LogP contribution < -0.4 is 5.32 Å². The standard InChI is InChI=1S/C19H19N3O3/c23-18(14-4-3-13-5-8-20-16(13)12-14)21-15-6-9-22(10-7-15)19(24)17-2-1-11-25-17/h1-5,8,11-12,15,20H,6-7,9-10H2,(H,21,23). The van der Waals surface area contributed by atoms with Crippen LogP contribution in [-0.2, 0) is 0 Å². The first-order valence-corrected chi connectivity index (χ1v) is 8.41. The molecule has 0 spiro atoms. The number of carbonyl (C=O) groups excluding carboxylic acids is 2. The van der Waals surface area contributed by atoms with E-state index in [1.807, 2.05) is 30.5 Å². The van der Waals surface area contributed by atoms with Gasteiger partial charge in [-0.3, -0.25) is 9.59 Å². The summed E-state index contributed by atoms with van der Waals surface area (Å²) in [6, 6.07) is 11.1. The van der Waals surface area contributed by atoms with Gasteiger partial charge in [0.1, 0.15) is 0 Å². The molecule has 1 fully saturated rings. The summed E-state index contributed by atoms with van der Waals surface area (Å²) < 4.78 is 5.16. The summed E-state index contributed by atoms with van der Waals surface area (Å²) in [6.07, 6.45) is 4.84. The number of aromatic nitrogens is 1. The number of amides is 2. The lowest BCUT2D eigenvalue weighted by molar-refractivity contribution is 0.0667. The van der Waals surface area contributed by atoms with Crippen LogP contribution in [0.1, 0.15) is 33.8 Å². The highest BCUT2D eigenvalue weighted by Gasteiger charge is 2.26. The average Bonchev–Trinajstić information content (AvgIpc) is 3.32. The molecule has 4 rings (SSSR count). The molecule has 1 aliphatic rings. The van der Waals surface area contributed by atoms with Crippen molar-refractivity contribution in [1.82, 2.24) is 15.2 Å². The predicted octanol–water partition coefficient (Wildman–Crippen LogP) is 2.80. The Hall–Kier alpha value is -3.02. The normalized spacial score (nSPS) is 15.4. The van der Waals surface area contributed by atoms with Crippen LogP contribution in [-0.4, -0.2) is 40.8 Å². The molecule has 0 aliphatic carbocycles. The fourth-order valence-corrected chi connectivity index (χ4v) is 3.24. The molecule has 0 radical (unpaired) electrons. The van der Waals surface area contributed by atoms with Crippen LogP contribution in [0, 0.1) is 0 Å². The Balaban J connectivity index is 1.35. The maximum atomic E-state index is 12.5. The SMILES string of the molecule is O=C(NC1CCN(C(=O)c2ccco2)CC1)c1ccc2cc[nH]c2c1. The number of nitrogens with one attached hydrogen (secondary N) is 2. The van der Waals surface area contributed by atoms with Crippen molar-refractivity contribution in [2.75, 3.05) is 13.1 Å². The zero-order chi connectivity index (χ0) is 17.2. The highest BCUT2D eigenvalue weighted by Crippen LogP contribution is 2.17. The summed E-state index contributed by atoms with van der Waals surface area (Å²) in [4.78, 5) is 29.6. The molecule has 2 aromatic heterocycles. The molecular formula is C19H19N3O3. The van der Waals surface area contributed by atoms with E-state index in [0.717, 1.165) is 23.7 Å². The molecule has 2 N–H and O–H groups in total. The second kappa shape index (κ2) is 6.47. The van der Waals surface area contributed by atoms with Crippen LogP contribution in [0.2, 0.25) is 0 Å². The predicted molar refractivity (Wildman–Crippen MR) is 93.4 cm³/mol. The van der Waals surface area contributed by atoms with Gasteiger partial charge in [-0.2, -0.15) is 0 Å². The highest BCUT2D eigenvalue weighted by atomic mass is 16.3. The van der Waals surface area contributed by atoms with Gasteiger partial charge in [0, 0.05) is 36.4 Å². The van der Waals surface area contributed by atoms with E-state index in [1.165, 1.54) is 6.26 Å². The van der Waals surface area contributed by atoms with Gasteiger partial charge in [-0.05, 0) is 48.6 Å². The number of piperidine rings is 1. The quantitative estimate of drug-likeness (QED) is 0.771. The monoisotopic (exact) mass is 337 g/mol. The lowest BCUT2D eigenvalue weighted by Crippen LogP contribution is -2.46. The van der Waals surface area contributed by atoms with Gasteiger partial charge >= 0.3 is 0 Å². The van der Waals surface area contributed by atoms with Crippen LogP contribution in [0.4, 0.5) is 0 Å². The van der Waals surface area contributed by atoms with Crippen molar-refractivity contribution in [1.29, 1.82) is 0 Å². The molecule has 1 aliphatic heterocycles. The van der Waals surface area contributed by atoms with Gasteiger partial charge in [0.05, 0.1) is 6.26 Å². The first kappa shape index (κ1) is 15.5. The molecule has 3 aromatic rings. The van der Waals surface area contributed by atoms with Crippen LogP contribution in [0.3, 0.4) is 0 Å². The van der Waals surface area contributed by atoms with E-state index in [0.29, 0.717) is 24.4 Å². The molecule has 2 amide bonds. The second-order valence-electron chi connectivity index (χ2n) is 6.30. The number of hydrogen-bond acceptors (Lipinski definition) is 3. The third-order valence-corrected chi connectivity index (χ3v) is 4.67. The Labute approximate surface area is 144 Å². The lowest BCUT2D eigenvalue weighted by Gasteiger charge is -2.31. The van der Waals surface area contributed by atoms with E-state index in [1.54, 1.807) is 17.0 Å². The van der Waals surface area contributed by atoms with Crippen molar-refractivity contribution in [2.45, 2.75) is 18.9 Å². The molecule has 3 heterocycles. The van der Waals surface area contributed by atoms with E-state index in [9.17, 15) is 9.59 Å². The Morgan fingerprint density at radius 3 is 2.76 bits per heavy atom. The molecule has 1 aromatic carbocycles. The number of benzene rings is 1. The van der Waals surface area contributed by atoms with Crippen LogP contribution in [0.25, 0.3) is 10.9 Å². The number of hydrogen-bond donors (Lipinski definition) is 2. The molecule has 128 valence electrons. The van der Waals surface area contributed by atoms with Crippen molar-refractivity contribution < 1.29 is 14.0 Å². The Bertz CT molecular complexity index is 890. The maximum absolute atomic E-state index is 12.5. The van der Waals surface area contributed by atoms with Gasteiger partial charge in [-0.25, -0.2) is 0 Å². The number of furan rings is 1. The topological polar surface area (TPSA) is 78.3 Å². The minimum absolute atomic E-state index is 0.0764. The van der Waals surface area contributed by atoms with Gasteiger partial charge in [0.25, 0.3) is 11.8 Å². The smallest absolute Gasteiger partial charge is 0.289 e. The van der Waals surface area contributed by atoms with Crippen LogP contribution >= 0.6 is 0 Å². The van der Waals surface area contributed by atoms with Crippen molar-refractivity contribution in [3.05, 3.63) is 60.2 Å². The van der Waals surface area contributed by atoms with E-state index in [4.69, 9.17) is 4.42 Å². The minimum atomic E-state index is -0.0908. The molecule has 25 heavy (non-hydrogen) atoms. The molecule has 0 bridgehead atoms. The number of nitrogens with zero attached hydrogens (tertiary/aromatic N) is 1. The maximum Gasteiger partial charge on any atom is 0.289 e. The van der Waals surface area contributed by atoms with Crippen molar-refractivity contribution >= 4 is 22.7 Å². The summed E-state index contributed by atoms with van der Waals surface area (Å²) in [5.41, 5.74) is 1.59. The summed E-state index contributed by atoms with van der Waals surface area (Å²) in [5, 5.41) is 4.16. The average molecular weight is 337 g/mol. The first-order chi connectivity index (χ1) is 12.2. The van der Waals surface area contributed by atoms with Gasteiger partial charge in [0.2, 0.25) is 0 Å². The fourth-order valence-electron chi connectivity index (χ4n) is 3.24. The lowest BCUT2D eigenvalue weighted by atomic mass is 10.0. The van der Waals surface area contributed by atoms with Crippen molar-refractivity contribution in [3.8, 4) is 0 Å². The van der Waals surface area contributed by atoms with Crippen molar-refractivity contribution in [2.24, 2.45) is 0 Å². The Kier molecular flexibility index (Phi) is 4.01. The number of carbonyl (C=O) groups is 2. The zero-order valence-electron chi connectivity index (χ0n) is 13.7. The fraction of sp³-hybridized carbons (Fsp3) is 0.263. The first-order valence-electron chi connectivity index (χ1n) is 8.41. The third-order valence-electron chi connectivity index (χ3n) is 4.67. The van der Waals surface area contributed by atoms with Gasteiger partial charge in [-0.1, -0.05) is 6.07 Å². The van der Waals surface area contributed by atoms with E-state index >= 15 is 0 Å². The summed E-state index contributed by atoms with van der Waals surface area (Å²) in [7, 11) is 0. The van der Waals surface area contributed by atoms with E-state index in [2.05, 4.69) is 10.3 Å². The molecular weight excluding hydrogens is 318 g/mol. The number of aromatic amines is 1.